The zero-order chi connectivity index (χ0) is 16.8. The second-order valence-electron chi connectivity index (χ2n) is 7.80. The highest BCUT2D eigenvalue weighted by Gasteiger charge is 2.34. The number of halogens is 1. The molecule has 0 spiro atoms. The normalized spacial score (nSPS) is 31.8. The Labute approximate surface area is 175 Å². The van der Waals surface area contributed by atoms with Crippen molar-refractivity contribution >= 4 is 41.7 Å². The fourth-order valence-corrected chi connectivity index (χ4v) is 5.51. The first-order chi connectivity index (χ1) is 11.7. The molecule has 1 saturated heterocycles. The smallest absolute Gasteiger partial charge is 0.191 e. The van der Waals surface area contributed by atoms with Crippen LogP contribution in [0.2, 0.25) is 0 Å². The van der Waals surface area contributed by atoms with Crippen molar-refractivity contribution in [2.24, 2.45) is 16.8 Å². The highest BCUT2D eigenvalue weighted by molar-refractivity contribution is 14.0. The first kappa shape index (κ1) is 21.6. The molecule has 3 rings (SSSR count). The van der Waals surface area contributed by atoms with Crippen molar-refractivity contribution in [2.75, 3.05) is 32.6 Å². The van der Waals surface area contributed by atoms with Crippen LogP contribution in [0.1, 0.15) is 58.3 Å². The minimum absolute atomic E-state index is 0. The van der Waals surface area contributed by atoms with E-state index < -0.39 is 0 Å². The van der Waals surface area contributed by atoms with Crippen molar-refractivity contribution in [3.8, 4) is 0 Å². The highest BCUT2D eigenvalue weighted by atomic mass is 127. The molecular weight excluding hydrogens is 445 g/mol. The van der Waals surface area contributed by atoms with E-state index in [1.165, 1.54) is 38.5 Å². The van der Waals surface area contributed by atoms with Gasteiger partial charge in [-0.1, -0.05) is 19.3 Å². The standard InChI is InChI=1S/C19H35N3OS.HI/c1-3-20-18(21-14-19(24-2)9-11-23-12-10-19)22-17-8-7-15-5-4-6-16(15)13-17;/h15-17H,3-14H2,1-2H3,(H2,20,21,22);1H. The molecule has 146 valence electrons. The van der Waals surface area contributed by atoms with Crippen molar-refractivity contribution in [3.05, 3.63) is 0 Å². The van der Waals surface area contributed by atoms with Crippen LogP contribution in [0.5, 0.6) is 0 Å². The van der Waals surface area contributed by atoms with E-state index in [9.17, 15) is 0 Å². The van der Waals surface area contributed by atoms with Crippen LogP contribution in [-0.2, 0) is 4.74 Å². The molecule has 0 radical (unpaired) electrons. The van der Waals surface area contributed by atoms with Crippen LogP contribution in [0.15, 0.2) is 4.99 Å². The molecule has 3 unspecified atom stereocenters. The summed E-state index contributed by atoms with van der Waals surface area (Å²) in [6.45, 7) is 5.74. The van der Waals surface area contributed by atoms with E-state index in [-0.39, 0.29) is 28.7 Å². The monoisotopic (exact) mass is 481 g/mol. The maximum Gasteiger partial charge on any atom is 0.191 e. The molecule has 1 heterocycles. The number of fused-ring (bicyclic) bond motifs is 1. The maximum atomic E-state index is 5.55. The van der Waals surface area contributed by atoms with Gasteiger partial charge in [-0.3, -0.25) is 4.99 Å². The molecule has 2 aliphatic carbocycles. The van der Waals surface area contributed by atoms with Gasteiger partial charge in [-0.15, -0.1) is 24.0 Å². The lowest BCUT2D eigenvalue weighted by molar-refractivity contribution is 0.0794. The van der Waals surface area contributed by atoms with Gasteiger partial charge in [0.1, 0.15) is 0 Å². The molecule has 0 amide bonds. The number of rotatable bonds is 5. The lowest BCUT2D eigenvalue weighted by atomic mass is 9.79. The molecule has 0 bridgehead atoms. The van der Waals surface area contributed by atoms with Crippen LogP contribution in [0.3, 0.4) is 0 Å². The summed E-state index contributed by atoms with van der Waals surface area (Å²) in [6, 6.07) is 0.613. The Bertz CT molecular complexity index is 429. The first-order valence-corrected chi connectivity index (χ1v) is 11.1. The molecule has 3 aliphatic rings. The fourth-order valence-electron chi connectivity index (χ4n) is 4.74. The van der Waals surface area contributed by atoms with E-state index in [0.717, 1.165) is 56.9 Å². The molecular formula is C19H36IN3OS. The van der Waals surface area contributed by atoms with Gasteiger partial charge in [0.2, 0.25) is 0 Å². The lowest BCUT2D eigenvalue weighted by Gasteiger charge is -2.35. The third-order valence-corrected chi connectivity index (χ3v) is 7.74. The molecule has 0 aromatic carbocycles. The molecule has 25 heavy (non-hydrogen) atoms. The molecule has 2 N–H and O–H groups in total. The minimum Gasteiger partial charge on any atom is -0.381 e. The summed E-state index contributed by atoms with van der Waals surface area (Å²) >= 11 is 1.97. The third kappa shape index (κ3) is 5.89. The molecule has 4 nitrogen and oxygen atoms in total. The van der Waals surface area contributed by atoms with Gasteiger partial charge in [-0.2, -0.15) is 11.8 Å². The summed E-state index contributed by atoms with van der Waals surface area (Å²) in [6.07, 6.45) is 12.9. The Hall–Kier alpha value is 0.310. The largest absolute Gasteiger partial charge is 0.381 e. The van der Waals surface area contributed by atoms with Gasteiger partial charge in [0, 0.05) is 30.5 Å². The number of thioether (sulfide) groups is 1. The van der Waals surface area contributed by atoms with Gasteiger partial charge < -0.3 is 15.4 Å². The molecule has 3 fully saturated rings. The molecule has 0 aromatic heterocycles. The number of ether oxygens (including phenoxy) is 1. The molecule has 1 aliphatic heterocycles. The maximum absolute atomic E-state index is 5.55. The van der Waals surface area contributed by atoms with E-state index in [2.05, 4.69) is 23.8 Å². The summed E-state index contributed by atoms with van der Waals surface area (Å²) in [5.41, 5.74) is 0. The van der Waals surface area contributed by atoms with Crippen molar-refractivity contribution in [1.82, 2.24) is 10.6 Å². The third-order valence-electron chi connectivity index (χ3n) is 6.34. The van der Waals surface area contributed by atoms with Crippen LogP contribution in [0.4, 0.5) is 0 Å². The van der Waals surface area contributed by atoms with Crippen LogP contribution in [0.25, 0.3) is 0 Å². The Morgan fingerprint density at radius 2 is 1.92 bits per heavy atom. The molecule has 0 aromatic rings. The van der Waals surface area contributed by atoms with Gasteiger partial charge in [0.05, 0.1) is 6.54 Å². The lowest BCUT2D eigenvalue weighted by Crippen LogP contribution is -2.47. The van der Waals surface area contributed by atoms with Crippen molar-refractivity contribution in [2.45, 2.75) is 69.1 Å². The van der Waals surface area contributed by atoms with E-state index >= 15 is 0 Å². The number of nitrogens with zero attached hydrogens (tertiary/aromatic N) is 1. The van der Waals surface area contributed by atoms with Crippen LogP contribution in [0, 0.1) is 11.8 Å². The van der Waals surface area contributed by atoms with E-state index in [0.29, 0.717) is 6.04 Å². The summed E-state index contributed by atoms with van der Waals surface area (Å²) in [4.78, 5) is 4.98. The van der Waals surface area contributed by atoms with Gasteiger partial charge in [-0.25, -0.2) is 0 Å². The quantitative estimate of drug-likeness (QED) is 0.354. The van der Waals surface area contributed by atoms with Crippen molar-refractivity contribution < 1.29 is 4.74 Å². The van der Waals surface area contributed by atoms with Crippen molar-refractivity contribution in [3.63, 3.8) is 0 Å². The average Bonchev–Trinajstić information content (AvgIpc) is 3.08. The number of aliphatic imine (C=N–C) groups is 1. The van der Waals surface area contributed by atoms with Gasteiger partial charge in [0.25, 0.3) is 0 Å². The Balaban J connectivity index is 0.00000225. The molecule has 6 heteroatoms. The highest BCUT2D eigenvalue weighted by Crippen LogP contribution is 2.42. The number of nitrogens with one attached hydrogen (secondary N) is 2. The van der Waals surface area contributed by atoms with Gasteiger partial charge in [0.15, 0.2) is 5.96 Å². The predicted octanol–water partition coefficient (Wildman–Crippen LogP) is 4.04. The first-order valence-electron chi connectivity index (χ1n) is 9.92. The predicted molar refractivity (Wildman–Crippen MR) is 119 cm³/mol. The zero-order valence-electron chi connectivity index (χ0n) is 15.9. The van der Waals surface area contributed by atoms with Crippen LogP contribution >= 0.6 is 35.7 Å². The number of hydrogen-bond acceptors (Lipinski definition) is 3. The second-order valence-corrected chi connectivity index (χ2v) is 9.07. The van der Waals surface area contributed by atoms with Gasteiger partial charge >= 0.3 is 0 Å². The second kappa shape index (κ2) is 10.6. The SMILES string of the molecule is CCNC(=NCC1(SC)CCOCC1)NC1CCC2CCCC2C1.I. The topological polar surface area (TPSA) is 45.7 Å². The molecule has 2 saturated carbocycles. The average molecular weight is 481 g/mol. The van der Waals surface area contributed by atoms with E-state index in [1.807, 2.05) is 11.8 Å². The zero-order valence-corrected chi connectivity index (χ0v) is 19.0. The van der Waals surface area contributed by atoms with Crippen molar-refractivity contribution in [1.29, 1.82) is 0 Å². The van der Waals surface area contributed by atoms with Crippen LogP contribution in [-0.4, -0.2) is 49.3 Å². The van der Waals surface area contributed by atoms with E-state index in [1.54, 1.807) is 0 Å². The summed E-state index contributed by atoms with van der Waals surface area (Å²) in [5, 5.41) is 7.22. The Morgan fingerprint density at radius 1 is 1.16 bits per heavy atom. The molecule has 3 atom stereocenters. The van der Waals surface area contributed by atoms with Crippen LogP contribution < -0.4 is 10.6 Å². The Morgan fingerprint density at radius 3 is 2.64 bits per heavy atom. The van der Waals surface area contributed by atoms with E-state index in [4.69, 9.17) is 9.73 Å². The minimum atomic E-state index is 0. The summed E-state index contributed by atoms with van der Waals surface area (Å²) < 4.78 is 5.82. The summed E-state index contributed by atoms with van der Waals surface area (Å²) in [7, 11) is 0. The Kier molecular flexibility index (Phi) is 9.16. The summed E-state index contributed by atoms with van der Waals surface area (Å²) in [5.74, 6) is 3.01. The van der Waals surface area contributed by atoms with Gasteiger partial charge in [-0.05, 0) is 57.1 Å². The fraction of sp³-hybridized carbons (Fsp3) is 0.947. The number of hydrogen-bond donors (Lipinski definition) is 2. The number of guanidine groups is 1.